The maximum atomic E-state index is 12.6. The van der Waals surface area contributed by atoms with Crippen LogP contribution in [0.2, 0.25) is 0 Å². The van der Waals surface area contributed by atoms with Gasteiger partial charge in [0, 0.05) is 6.04 Å². The van der Waals surface area contributed by atoms with Crippen LogP contribution in [0.25, 0.3) is 0 Å². The van der Waals surface area contributed by atoms with Crippen LogP contribution in [0, 0.1) is 0 Å². The molecule has 0 bridgehead atoms. The Morgan fingerprint density at radius 3 is 2.39 bits per heavy atom. The number of carbonyl (C=O) groups is 1. The van der Waals surface area contributed by atoms with Crippen molar-refractivity contribution >= 4 is 27.3 Å². The Morgan fingerprint density at radius 1 is 0.939 bits per heavy atom. The average Bonchev–Trinajstić information content (AvgIpc) is 3.63. The summed E-state index contributed by atoms with van der Waals surface area (Å²) >= 11 is 0. The van der Waals surface area contributed by atoms with Gasteiger partial charge in [-0.05, 0) is 55.3 Å². The zero-order chi connectivity index (χ0) is 23.3. The van der Waals surface area contributed by atoms with Crippen molar-refractivity contribution in [2.24, 2.45) is 0 Å². The highest BCUT2D eigenvalue weighted by Gasteiger charge is 2.28. The standard InChI is InChI=1S/C24H25N3O5S/c1-31-22-14-13-19(33(29,30)27-17-11-12-17)15-21(22)25-16-24(28)26-20-9-5-6-10-23(20)32-18-7-3-2-4-8-18/h2-10,13-15,17,25,27H,11-12,16H2,1H3,(H,26,28). The molecular weight excluding hydrogens is 442 g/mol. The summed E-state index contributed by atoms with van der Waals surface area (Å²) in [5.41, 5.74) is 0.922. The summed E-state index contributed by atoms with van der Waals surface area (Å²) < 4.78 is 38.9. The highest BCUT2D eigenvalue weighted by atomic mass is 32.2. The largest absolute Gasteiger partial charge is 0.495 e. The van der Waals surface area contributed by atoms with E-state index in [0.29, 0.717) is 28.6 Å². The maximum absolute atomic E-state index is 12.6. The number of nitrogens with one attached hydrogen (secondary N) is 3. The summed E-state index contributed by atoms with van der Waals surface area (Å²) in [6.45, 7) is -0.102. The van der Waals surface area contributed by atoms with Gasteiger partial charge in [0.05, 0.1) is 29.9 Å². The lowest BCUT2D eigenvalue weighted by molar-refractivity contribution is -0.114. The molecule has 33 heavy (non-hydrogen) atoms. The van der Waals surface area contributed by atoms with Gasteiger partial charge in [0.1, 0.15) is 11.5 Å². The van der Waals surface area contributed by atoms with E-state index in [9.17, 15) is 13.2 Å². The van der Waals surface area contributed by atoms with Crippen molar-refractivity contribution in [3.8, 4) is 17.2 Å². The molecule has 0 aromatic heterocycles. The van der Waals surface area contributed by atoms with Crippen molar-refractivity contribution in [3.63, 3.8) is 0 Å². The zero-order valence-corrected chi connectivity index (χ0v) is 18.9. The molecule has 9 heteroatoms. The summed E-state index contributed by atoms with van der Waals surface area (Å²) in [6.07, 6.45) is 1.69. The summed E-state index contributed by atoms with van der Waals surface area (Å²) in [6, 6.07) is 20.9. The van der Waals surface area contributed by atoms with Crippen LogP contribution < -0.4 is 24.8 Å². The average molecular weight is 468 g/mol. The normalized spacial score (nSPS) is 13.2. The quantitative estimate of drug-likeness (QED) is 0.417. The van der Waals surface area contributed by atoms with Gasteiger partial charge in [0.25, 0.3) is 0 Å². The van der Waals surface area contributed by atoms with E-state index in [4.69, 9.17) is 9.47 Å². The SMILES string of the molecule is COc1ccc(S(=O)(=O)NC2CC2)cc1NCC(=O)Nc1ccccc1Oc1ccccc1. The number of para-hydroxylation sites is 3. The fourth-order valence-electron chi connectivity index (χ4n) is 3.13. The Morgan fingerprint density at radius 2 is 1.67 bits per heavy atom. The predicted octanol–water partition coefficient (Wildman–Crippen LogP) is 3.98. The van der Waals surface area contributed by atoms with Crippen molar-refractivity contribution in [2.45, 2.75) is 23.8 Å². The molecule has 3 aromatic carbocycles. The van der Waals surface area contributed by atoms with Crippen LogP contribution in [0.15, 0.2) is 77.7 Å². The minimum atomic E-state index is -3.63. The lowest BCUT2D eigenvalue weighted by atomic mass is 10.2. The maximum Gasteiger partial charge on any atom is 0.243 e. The molecule has 1 aliphatic rings. The van der Waals surface area contributed by atoms with E-state index >= 15 is 0 Å². The number of methoxy groups -OCH3 is 1. The number of sulfonamides is 1. The molecule has 172 valence electrons. The van der Waals surface area contributed by atoms with Gasteiger partial charge in [-0.3, -0.25) is 4.79 Å². The second-order valence-electron chi connectivity index (χ2n) is 7.57. The van der Waals surface area contributed by atoms with Gasteiger partial charge in [-0.25, -0.2) is 13.1 Å². The number of anilines is 2. The second kappa shape index (κ2) is 9.93. The molecule has 0 saturated heterocycles. The third kappa shape index (κ3) is 6.03. The molecule has 0 unspecified atom stereocenters. The van der Waals surface area contributed by atoms with E-state index in [-0.39, 0.29) is 23.4 Å². The van der Waals surface area contributed by atoms with E-state index in [1.165, 1.54) is 19.2 Å². The minimum Gasteiger partial charge on any atom is -0.495 e. The van der Waals surface area contributed by atoms with Crippen LogP contribution in [-0.2, 0) is 14.8 Å². The van der Waals surface area contributed by atoms with Gasteiger partial charge in [-0.15, -0.1) is 0 Å². The molecule has 8 nitrogen and oxygen atoms in total. The third-order valence-corrected chi connectivity index (χ3v) is 6.47. The van der Waals surface area contributed by atoms with E-state index in [1.54, 1.807) is 24.3 Å². The van der Waals surface area contributed by atoms with Gasteiger partial charge in [0.15, 0.2) is 5.75 Å². The molecule has 0 spiro atoms. The Balaban J connectivity index is 1.43. The van der Waals surface area contributed by atoms with Crippen molar-refractivity contribution < 1.29 is 22.7 Å². The van der Waals surface area contributed by atoms with Gasteiger partial charge in [0.2, 0.25) is 15.9 Å². The molecule has 0 radical (unpaired) electrons. The smallest absolute Gasteiger partial charge is 0.243 e. The van der Waals surface area contributed by atoms with Crippen LogP contribution >= 0.6 is 0 Å². The molecule has 0 heterocycles. The molecule has 1 fully saturated rings. The zero-order valence-electron chi connectivity index (χ0n) is 18.1. The Kier molecular flexibility index (Phi) is 6.81. The Bertz CT molecular complexity index is 1230. The summed E-state index contributed by atoms with van der Waals surface area (Å²) in [5.74, 6) is 1.26. The summed E-state index contributed by atoms with van der Waals surface area (Å²) in [5, 5.41) is 5.78. The molecule has 1 amide bonds. The number of rotatable bonds is 10. The van der Waals surface area contributed by atoms with Gasteiger partial charge >= 0.3 is 0 Å². The molecule has 3 N–H and O–H groups in total. The first-order valence-corrected chi connectivity index (χ1v) is 12.0. The van der Waals surface area contributed by atoms with Gasteiger partial charge in [-0.1, -0.05) is 30.3 Å². The summed E-state index contributed by atoms with van der Waals surface area (Å²) in [7, 11) is -2.15. The number of benzene rings is 3. The van der Waals surface area contributed by atoms with Crippen LogP contribution in [0.5, 0.6) is 17.2 Å². The highest BCUT2D eigenvalue weighted by molar-refractivity contribution is 7.89. The molecule has 0 aliphatic heterocycles. The fourth-order valence-corrected chi connectivity index (χ4v) is 4.46. The first kappa shape index (κ1) is 22.6. The molecule has 4 rings (SSSR count). The molecule has 0 atom stereocenters. The molecule has 1 aliphatic carbocycles. The van der Waals surface area contributed by atoms with Crippen LogP contribution in [0.4, 0.5) is 11.4 Å². The van der Waals surface area contributed by atoms with Gasteiger partial charge < -0.3 is 20.1 Å². The van der Waals surface area contributed by atoms with Crippen LogP contribution in [0.3, 0.4) is 0 Å². The minimum absolute atomic E-state index is 0.00235. The number of hydrogen-bond acceptors (Lipinski definition) is 6. The number of carbonyl (C=O) groups excluding carboxylic acids is 1. The summed E-state index contributed by atoms with van der Waals surface area (Å²) in [4.78, 5) is 12.7. The first-order chi connectivity index (χ1) is 15.9. The van der Waals surface area contributed by atoms with Crippen molar-refractivity contribution in [2.75, 3.05) is 24.3 Å². The number of hydrogen-bond donors (Lipinski definition) is 3. The lowest BCUT2D eigenvalue weighted by Gasteiger charge is -2.15. The Labute approximate surface area is 193 Å². The molecule has 1 saturated carbocycles. The van der Waals surface area contributed by atoms with E-state index < -0.39 is 10.0 Å². The van der Waals surface area contributed by atoms with E-state index in [2.05, 4.69) is 15.4 Å². The topological polar surface area (TPSA) is 106 Å². The third-order valence-electron chi connectivity index (χ3n) is 4.95. The van der Waals surface area contributed by atoms with Crippen LogP contribution in [0.1, 0.15) is 12.8 Å². The van der Waals surface area contributed by atoms with Crippen molar-refractivity contribution in [1.82, 2.24) is 4.72 Å². The highest BCUT2D eigenvalue weighted by Crippen LogP contribution is 2.30. The van der Waals surface area contributed by atoms with E-state index in [0.717, 1.165) is 12.8 Å². The van der Waals surface area contributed by atoms with Crippen LogP contribution in [-0.4, -0.2) is 34.0 Å². The first-order valence-electron chi connectivity index (χ1n) is 10.5. The van der Waals surface area contributed by atoms with Crippen molar-refractivity contribution in [1.29, 1.82) is 0 Å². The lowest BCUT2D eigenvalue weighted by Crippen LogP contribution is -2.26. The molecule has 3 aromatic rings. The number of amides is 1. The predicted molar refractivity (Wildman–Crippen MR) is 126 cm³/mol. The number of ether oxygens (including phenoxy) is 2. The van der Waals surface area contributed by atoms with E-state index in [1.807, 2.05) is 36.4 Å². The van der Waals surface area contributed by atoms with Gasteiger partial charge in [-0.2, -0.15) is 0 Å². The Hall–Kier alpha value is -3.56. The molecular formula is C24H25N3O5S. The second-order valence-corrected chi connectivity index (χ2v) is 9.28. The monoisotopic (exact) mass is 467 g/mol. The fraction of sp³-hybridized carbons (Fsp3) is 0.208. The van der Waals surface area contributed by atoms with Crippen molar-refractivity contribution in [3.05, 3.63) is 72.8 Å².